The van der Waals surface area contributed by atoms with Crippen molar-refractivity contribution >= 4 is 24.4 Å². The predicted octanol–water partition coefficient (Wildman–Crippen LogP) is 3.64. The number of benzene rings is 2. The monoisotopic (exact) mass is 417 g/mol. The average Bonchev–Trinajstić information content (AvgIpc) is 3.10. The molecule has 3 rings (SSSR count). The van der Waals surface area contributed by atoms with E-state index in [1.165, 1.54) is 18.4 Å². The summed E-state index contributed by atoms with van der Waals surface area (Å²) >= 11 is -2.08. The van der Waals surface area contributed by atoms with E-state index in [2.05, 4.69) is 35.2 Å². The fourth-order valence-corrected chi connectivity index (χ4v) is 5.81. The van der Waals surface area contributed by atoms with Gasteiger partial charge in [0.05, 0.1) is 0 Å². The van der Waals surface area contributed by atoms with Gasteiger partial charge in [0.2, 0.25) is 0 Å². The van der Waals surface area contributed by atoms with E-state index in [4.69, 9.17) is 4.74 Å². The fourth-order valence-electron chi connectivity index (χ4n) is 3.49. The molecule has 2 atom stereocenters. The molecule has 138 valence electrons. The molecule has 1 aliphatic heterocycles. The Balaban J connectivity index is 1.66. The molecule has 4 heteroatoms. The summed E-state index contributed by atoms with van der Waals surface area (Å²) in [6.07, 6.45) is 6.51. The third kappa shape index (κ3) is 5.21. The van der Waals surface area contributed by atoms with Crippen LogP contribution in [0.3, 0.4) is 0 Å². The Hall–Kier alpha value is -1.58. The van der Waals surface area contributed by atoms with Crippen LogP contribution in [0.25, 0.3) is 6.08 Å². The van der Waals surface area contributed by atoms with Crippen LogP contribution in [-0.2, 0) is 15.1 Å². The van der Waals surface area contributed by atoms with Crippen LogP contribution in [-0.4, -0.2) is 45.0 Å². The first-order chi connectivity index (χ1) is 12.8. The van der Waals surface area contributed by atoms with Gasteiger partial charge in [-0.25, -0.2) is 0 Å². The third-order valence-electron chi connectivity index (χ3n) is 4.81. The van der Waals surface area contributed by atoms with E-state index < -0.39 is 13.8 Å². The Labute approximate surface area is 160 Å². The SMILES string of the molecule is COC[C@@H]1CCCN1Cc1ccccc1[Se](=O)C/C=C/c1ccccc1. The molecule has 0 N–H and O–H groups in total. The van der Waals surface area contributed by atoms with Gasteiger partial charge in [0, 0.05) is 0 Å². The van der Waals surface area contributed by atoms with Crippen LogP contribution in [0.2, 0.25) is 5.32 Å². The normalized spacial score (nSPS) is 19.2. The van der Waals surface area contributed by atoms with Crippen LogP contribution >= 0.6 is 0 Å². The van der Waals surface area contributed by atoms with Gasteiger partial charge in [0.1, 0.15) is 0 Å². The van der Waals surface area contributed by atoms with Crippen molar-refractivity contribution < 1.29 is 8.57 Å². The molecule has 1 saturated heterocycles. The Morgan fingerprint density at radius 2 is 1.92 bits per heavy atom. The van der Waals surface area contributed by atoms with Crippen molar-refractivity contribution in [2.75, 3.05) is 20.3 Å². The van der Waals surface area contributed by atoms with Gasteiger partial charge in [-0.3, -0.25) is 0 Å². The van der Waals surface area contributed by atoms with E-state index in [9.17, 15) is 3.83 Å². The van der Waals surface area contributed by atoms with Crippen molar-refractivity contribution in [3.63, 3.8) is 0 Å². The number of hydrogen-bond acceptors (Lipinski definition) is 3. The molecular formula is C22H27NO2Se. The number of hydrogen-bond donors (Lipinski definition) is 0. The fraction of sp³-hybridized carbons (Fsp3) is 0.364. The summed E-state index contributed by atoms with van der Waals surface area (Å²) in [4.78, 5) is 2.47. The van der Waals surface area contributed by atoms with Crippen LogP contribution < -0.4 is 4.46 Å². The molecule has 1 heterocycles. The van der Waals surface area contributed by atoms with Gasteiger partial charge >= 0.3 is 161 Å². The second-order valence-electron chi connectivity index (χ2n) is 6.65. The summed E-state index contributed by atoms with van der Waals surface area (Å²) in [6.45, 7) is 2.74. The molecule has 1 aliphatic rings. The van der Waals surface area contributed by atoms with E-state index in [1.807, 2.05) is 36.4 Å². The molecule has 1 fully saturated rings. The van der Waals surface area contributed by atoms with Crippen LogP contribution in [0, 0.1) is 0 Å². The van der Waals surface area contributed by atoms with Crippen LogP contribution in [0.4, 0.5) is 0 Å². The van der Waals surface area contributed by atoms with Crippen LogP contribution in [0.1, 0.15) is 24.0 Å². The molecule has 0 aromatic heterocycles. The van der Waals surface area contributed by atoms with E-state index in [0.29, 0.717) is 11.4 Å². The molecule has 1 unspecified atom stereocenters. The Morgan fingerprint density at radius 1 is 1.15 bits per heavy atom. The molecule has 0 aliphatic carbocycles. The molecule has 0 bridgehead atoms. The predicted molar refractivity (Wildman–Crippen MR) is 108 cm³/mol. The zero-order chi connectivity index (χ0) is 18.2. The number of methoxy groups -OCH3 is 1. The van der Waals surface area contributed by atoms with Crippen molar-refractivity contribution in [1.29, 1.82) is 0 Å². The van der Waals surface area contributed by atoms with Gasteiger partial charge in [0.25, 0.3) is 0 Å². The summed E-state index contributed by atoms with van der Waals surface area (Å²) in [5, 5.41) is 0.632. The quantitative estimate of drug-likeness (QED) is 0.616. The van der Waals surface area contributed by atoms with Crippen molar-refractivity contribution in [1.82, 2.24) is 4.90 Å². The molecule has 2 aromatic carbocycles. The van der Waals surface area contributed by atoms with Crippen molar-refractivity contribution in [3.8, 4) is 0 Å². The summed E-state index contributed by atoms with van der Waals surface area (Å²) < 4.78 is 19.4. The Kier molecular flexibility index (Phi) is 7.33. The Morgan fingerprint density at radius 3 is 2.73 bits per heavy atom. The minimum atomic E-state index is -2.08. The number of likely N-dealkylation sites (tertiary alicyclic amines) is 1. The first kappa shape index (κ1) is 19.2. The van der Waals surface area contributed by atoms with Gasteiger partial charge in [0.15, 0.2) is 0 Å². The zero-order valence-electron chi connectivity index (χ0n) is 15.3. The second kappa shape index (κ2) is 9.94. The standard InChI is InChI=1S/C22H27NO2Se/c1-25-18-21-13-7-15-23(21)17-20-12-5-6-14-22(20)26(24)16-8-11-19-9-3-2-4-10-19/h2-6,8-12,14,21H,7,13,15-18H2,1H3/b11-8+/t21-,26?/m0/s1. The molecule has 2 aromatic rings. The van der Waals surface area contributed by atoms with Crippen molar-refractivity contribution in [2.24, 2.45) is 0 Å². The second-order valence-corrected chi connectivity index (χ2v) is 9.73. The minimum absolute atomic E-state index is 0.483. The summed E-state index contributed by atoms with van der Waals surface area (Å²) in [5.41, 5.74) is 2.36. The van der Waals surface area contributed by atoms with E-state index in [1.54, 1.807) is 7.11 Å². The van der Waals surface area contributed by atoms with E-state index in [-0.39, 0.29) is 0 Å². The van der Waals surface area contributed by atoms with E-state index >= 15 is 0 Å². The number of ether oxygens (including phenoxy) is 1. The molecule has 0 amide bonds. The zero-order valence-corrected chi connectivity index (χ0v) is 17.1. The first-order valence-corrected chi connectivity index (χ1v) is 12.0. The summed E-state index contributed by atoms with van der Waals surface area (Å²) in [7, 11) is 1.77. The maximum absolute atomic E-state index is 13.0. The van der Waals surface area contributed by atoms with Crippen LogP contribution in [0.15, 0.2) is 60.7 Å². The average molecular weight is 416 g/mol. The maximum atomic E-state index is 13.0. The molecular weight excluding hydrogens is 389 g/mol. The molecule has 0 saturated carbocycles. The summed E-state index contributed by atoms with van der Waals surface area (Å²) in [6, 6.07) is 18.9. The molecule has 26 heavy (non-hydrogen) atoms. The van der Waals surface area contributed by atoms with E-state index in [0.717, 1.165) is 29.7 Å². The molecule has 3 nitrogen and oxygen atoms in total. The first-order valence-electron chi connectivity index (χ1n) is 9.19. The molecule has 0 radical (unpaired) electrons. The van der Waals surface area contributed by atoms with Gasteiger partial charge in [-0.2, -0.15) is 0 Å². The van der Waals surface area contributed by atoms with Gasteiger partial charge < -0.3 is 0 Å². The number of rotatable bonds is 8. The van der Waals surface area contributed by atoms with Gasteiger partial charge in [-0.1, -0.05) is 0 Å². The van der Waals surface area contributed by atoms with Gasteiger partial charge in [-0.05, 0) is 0 Å². The van der Waals surface area contributed by atoms with Gasteiger partial charge in [-0.15, -0.1) is 0 Å². The number of allylic oxidation sites excluding steroid dienone is 1. The summed E-state index contributed by atoms with van der Waals surface area (Å²) in [5.74, 6) is 0. The van der Waals surface area contributed by atoms with Crippen molar-refractivity contribution in [2.45, 2.75) is 30.7 Å². The third-order valence-corrected chi connectivity index (χ3v) is 7.71. The Bertz CT molecular complexity index is 745. The molecule has 0 spiro atoms. The van der Waals surface area contributed by atoms with Crippen molar-refractivity contribution in [3.05, 3.63) is 71.8 Å². The van der Waals surface area contributed by atoms with Crippen LogP contribution in [0.5, 0.6) is 0 Å². The number of nitrogens with zero attached hydrogens (tertiary/aromatic N) is 1. The topological polar surface area (TPSA) is 29.5 Å².